The van der Waals surface area contributed by atoms with Crippen molar-refractivity contribution >= 4 is 10.0 Å². The van der Waals surface area contributed by atoms with Gasteiger partial charge >= 0.3 is 0 Å². The highest BCUT2D eigenvalue weighted by Crippen LogP contribution is 2.34. The summed E-state index contributed by atoms with van der Waals surface area (Å²) in [5.41, 5.74) is 0.921. The minimum atomic E-state index is -3.49. The molecule has 0 bridgehead atoms. The van der Waals surface area contributed by atoms with Crippen LogP contribution in [0.1, 0.15) is 32.3 Å². The van der Waals surface area contributed by atoms with E-state index in [1.54, 1.807) is 16.4 Å². The average Bonchev–Trinajstić information content (AvgIpc) is 2.88. The number of hydrogen-bond acceptors (Lipinski definition) is 3. The lowest BCUT2D eigenvalue weighted by atomic mass is 10.0. The highest BCUT2D eigenvalue weighted by molar-refractivity contribution is 7.89. The molecule has 112 valence electrons. The molecule has 1 aliphatic rings. The molecule has 0 saturated carbocycles. The van der Waals surface area contributed by atoms with Crippen LogP contribution in [0.5, 0.6) is 5.75 Å². The Hall–Kier alpha value is -1.07. The van der Waals surface area contributed by atoms with Crippen molar-refractivity contribution in [2.45, 2.75) is 44.6 Å². The van der Waals surface area contributed by atoms with Crippen LogP contribution < -0.4 is 4.74 Å². The van der Waals surface area contributed by atoms with Crippen molar-refractivity contribution in [3.63, 3.8) is 0 Å². The van der Waals surface area contributed by atoms with Gasteiger partial charge in [-0.25, -0.2) is 8.42 Å². The van der Waals surface area contributed by atoms with E-state index in [9.17, 15) is 8.42 Å². The van der Waals surface area contributed by atoms with Crippen LogP contribution in [-0.2, 0) is 10.0 Å². The fraction of sp³-hybridized carbons (Fsp3) is 0.600. The zero-order chi connectivity index (χ0) is 14.9. The summed E-state index contributed by atoms with van der Waals surface area (Å²) in [6.45, 7) is 6.64. The number of rotatable bonds is 4. The Balaban J connectivity index is 2.47. The quantitative estimate of drug-likeness (QED) is 0.858. The molecule has 0 radical (unpaired) electrons. The van der Waals surface area contributed by atoms with E-state index < -0.39 is 10.0 Å². The summed E-state index contributed by atoms with van der Waals surface area (Å²) in [7, 11) is -1.98. The predicted molar refractivity (Wildman–Crippen MR) is 79.5 cm³/mol. The van der Waals surface area contributed by atoms with E-state index in [2.05, 4.69) is 13.8 Å². The molecule has 0 aliphatic carbocycles. The van der Waals surface area contributed by atoms with E-state index in [1.807, 2.05) is 13.0 Å². The molecule has 20 heavy (non-hydrogen) atoms. The van der Waals surface area contributed by atoms with Crippen LogP contribution in [-0.4, -0.2) is 32.4 Å². The van der Waals surface area contributed by atoms with Gasteiger partial charge in [0, 0.05) is 12.6 Å². The molecule has 1 atom stereocenters. The molecule has 1 aromatic rings. The molecule has 1 aromatic carbocycles. The van der Waals surface area contributed by atoms with Crippen LogP contribution in [0.3, 0.4) is 0 Å². The van der Waals surface area contributed by atoms with Gasteiger partial charge < -0.3 is 4.74 Å². The van der Waals surface area contributed by atoms with Gasteiger partial charge in [0.25, 0.3) is 0 Å². The largest absolute Gasteiger partial charge is 0.495 e. The summed E-state index contributed by atoms with van der Waals surface area (Å²) in [5, 5.41) is 0. The van der Waals surface area contributed by atoms with Crippen LogP contribution in [0.15, 0.2) is 23.1 Å². The Morgan fingerprint density at radius 1 is 1.35 bits per heavy atom. The fourth-order valence-electron chi connectivity index (χ4n) is 2.84. The fourth-order valence-corrected chi connectivity index (χ4v) is 4.91. The van der Waals surface area contributed by atoms with E-state index in [-0.39, 0.29) is 10.9 Å². The van der Waals surface area contributed by atoms with Gasteiger partial charge in [0.15, 0.2) is 0 Å². The smallest absolute Gasteiger partial charge is 0.247 e. The first-order valence-electron chi connectivity index (χ1n) is 7.04. The minimum absolute atomic E-state index is 0.0882. The third-order valence-corrected chi connectivity index (χ3v) is 5.87. The van der Waals surface area contributed by atoms with E-state index in [4.69, 9.17) is 4.74 Å². The first kappa shape index (κ1) is 15.3. The van der Waals surface area contributed by atoms with Gasteiger partial charge in [0.2, 0.25) is 10.0 Å². The van der Waals surface area contributed by atoms with E-state index in [1.165, 1.54) is 7.11 Å². The normalized spacial score (nSPS) is 20.6. The molecule has 1 fully saturated rings. The highest BCUT2D eigenvalue weighted by Gasteiger charge is 2.38. The standard InChI is InChI=1S/C15H23NO3S/c1-11(2)13-6-5-9-16(13)20(17,18)15-10-12(3)7-8-14(15)19-4/h7-8,10-11,13H,5-6,9H2,1-4H3. The number of nitrogens with zero attached hydrogens (tertiary/aromatic N) is 1. The van der Waals surface area contributed by atoms with E-state index >= 15 is 0 Å². The third kappa shape index (κ3) is 2.69. The van der Waals surface area contributed by atoms with Gasteiger partial charge in [-0.2, -0.15) is 4.31 Å². The van der Waals surface area contributed by atoms with Gasteiger partial charge in [0.1, 0.15) is 10.6 Å². The molecule has 2 rings (SSSR count). The number of benzene rings is 1. The summed E-state index contributed by atoms with van der Waals surface area (Å²) in [5.74, 6) is 0.744. The van der Waals surface area contributed by atoms with Crippen molar-refractivity contribution in [3.05, 3.63) is 23.8 Å². The van der Waals surface area contributed by atoms with Crippen molar-refractivity contribution in [2.24, 2.45) is 5.92 Å². The summed E-state index contributed by atoms with van der Waals surface area (Å²) < 4.78 is 32.7. The lowest BCUT2D eigenvalue weighted by Crippen LogP contribution is -2.38. The SMILES string of the molecule is COc1ccc(C)cc1S(=O)(=O)N1CCCC1C(C)C. The van der Waals surface area contributed by atoms with Crippen molar-refractivity contribution in [1.82, 2.24) is 4.31 Å². The number of sulfonamides is 1. The number of ether oxygens (including phenoxy) is 1. The second kappa shape index (κ2) is 5.74. The van der Waals surface area contributed by atoms with Gasteiger partial charge in [-0.3, -0.25) is 0 Å². The van der Waals surface area contributed by atoms with Gasteiger partial charge in [-0.1, -0.05) is 19.9 Å². The topological polar surface area (TPSA) is 46.6 Å². The van der Waals surface area contributed by atoms with Crippen LogP contribution >= 0.6 is 0 Å². The van der Waals surface area contributed by atoms with Gasteiger partial charge in [0.05, 0.1) is 7.11 Å². The van der Waals surface area contributed by atoms with Crippen LogP contribution in [0, 0.1) is 12.8 Å². The third-order valence-electron chi connectivity index (χ3n) is 3.92. The van der Waals surface area contributed by atoms with Crippen molar-refractivity contribution in [2.75, 3.05) is 13.7 Å². The summed E-state index contributed by atoms with van der Waals surface area (Å²) in [6.07, 6.45) is 1.86. The number of methoxy groups -OCH3 is 1. The Labute approximate surface area is 121 Å². The molecule has 1 heterocycles. The Bertz CT molecular complexity index is 581. The van der Waals surface area contributed by atoms with E-state index in [0.29, 0.717) is 18.2 Å². The molecular formula is C15H23NO3S. The molecule has 1 aliphatic heterocycles. The van der Waals surface area contributed by atoms with Crippen molar-refractivity contribution in [1.29, 1.82) is 0 Å². The van der Waals surface area contributed by atoms with Crippen LogP contribution in [0.25, 0.3) is 0 Å². The predicted octanol–water partition coefficient (Wildman–Crippen LogP) is 2.81. The monoisotopic (exact) mass is 297 g/mol. The first-order chi connectivity index (χ1) is 9.37. The second-order valence-electron chi connectivity index (χ2n) is 5.72. The van der Waals surface area contributed by atoms with Gasteiger partial charge in [-0.15, -0.1) is 0 Å². The second-order valence-corrected chi connectivity index (χ2v) is 7.58. The molecule has 1 unspecified atom stereocenters. The molecule has 0 aromatic heterocycles. The Morgan fingerprint density at radius 3 is 2.65 bits per heavy atom. The lowest BCUT2D eigenvalue weighted by molar-refractivity contribution is 0.313. The molecule has 1 saturated heterocycles. The Morgan fingerprint density at radius 2 is 2.05 bits per heavy atom. The number of aryl methyl sites for hydroxylation is 1. The molecule has 0 spiro atoms. The molecule has 4 nitrogen and oxygen atoms in total. The highest BCUT2D eigenvalue weighted by atomic mass is 32.2. The Kier molecular flexibility index (Phi) is 4.39. The van der Waals surface area contributed by atoms with Crippen LogP contribution in [0.4, 0.5) is 0 Å². The van der Waals surface area contributed by atoms with Gasteiger partial charge in [-0.05, 0) is 43.4 Å². The minimum Gasteiger partial charge on any atom is -0.495 e. The van der Waals surface area contributed by atoms with Crippen LogP contribution in [0.2, 0.25) is 0 Å². The summed E-state index contributed by atoms with van der Waals surface area (Å²) >= 11 is 0. The summed E-state index contributed by atoms with van der Waals surface area (Å²) in [6, 6.07) is 5.37. The summed E-state index contributed by atoms with van der Waals surface area (Å²) in [4.78, 5) is 0.285. The van der Waals surface area contributed by atoms with Crippen molar-refractivity contribution < 1.29 is 13.2 Å². The molecular weight excluding hydrogens is 274 g/mol. The maximum absolute atomic E-state index is 12.9. The average molecular weight is 297 g/mol. The molecule has 0 amide bonds. The van der Waals surface area contributed by atoms with Crippen molar-refractivity contribution in [3.8, 4) is 5.75 Å². The number of hydrogen-bond donors (Lipinski definition) is 0. The molecule has 0 N–H and O–H groups in total. The first-order valence-corrected chi connectivity index (χ1v) is 8.48. The maximum Gasteiger partial charge on any atom is 0.247 e. The zero-order valence-electron chi connectivity index (χ0n) is 12.6. The molecule has 5 heteroatoms. The zero-order valence-corrected chi connectivity index (χ0v) is 13.4. The lowest BCUT2D eigenvalue weighted by Gasteiger charge is -2.27. The van der Waals surface area contributed by atoms with E-state index in [0.717, 1.165) is 18.4 Å². The maximum atomic E-state index is 12.9.